The normalized spacial score (nSPS) is 13.1. The molecule has 0 aromatic heterocycles. The molecule has 150 valence electrons. The van der Waals surface area contributed by atoms with Crippen LogP contribution >= 0.6 is 0 Å². The highest BCUT2D eigenvalue weighted by Gasteiger charge is 2.23. The number of aryl methyl sites for hydroxylation is 1. The zero-order chi connectivity index (χ0) is 20.5. The number of aliphatic hydroxyl groups is 1. The highest BCUT2D eigenvalue weighted by molar-refractivity contribution is 5.77. The van der Waals surface area contributed by atoms with E-state index in [0.717, 1.165) is 17.5 Å². The van der Waals surface area contributed by atoms with Crippen LogP contribution in [-0.4, -0.2) is 23.2 Å². The van der Waals surface area contributed by atoms with Crippen LogP contribution in [0.15, 0.2) is 91.0 Å². The van der Waals surface area contributed by atoms with Crippen molar-refractivity contribution in [1.82, 2.24) is 5.32 Å². The first-order valence-electron chi connectivity index (χ1n) is 10.2. The lowest BCUT2D eigenvalue weighted by Gasteiger charge is -2.25. The van der Waals surface area contributed by atoms with E-state index in [0.29, 0.717) is 12.8 Å². The molecule has 0 aliphatic carbocycles. The molecule has 1 amide bonds. The number of amides is 1. The van der Waals surface area contributed by atoms with Crippen LogP contribution in [0.2, 0.25) is 0 Å². The Hall–Kier alpha value is -2.91. The molecule has 3 aromatic rings. The first kappa shape index (κ1) is 20.8. The quantitative estimate of drug-likeness (QED) is 0.559. The molecule has 2 N–H and O–H groups in total. The summed E-state index contributed by atoms with van der Waals surface area (Å²) in [5.74, 6) is -0.0608. The molecule has 0 saturated carbocycles. The van der Waals surface area contributed by atoms with Crippen molar-refractivity contribution in [3.8, 4) is 0 Å². The number of nitrogens with one attached hydrogen (secondary N) is 1. The van der Waals surface area contributed by atoms with Crippen molar-refractivity contribution < 1.29 is 9.90 Å². The zero-order valence-electron chi connectivity index (χ0n) is 16.9. The first-order chi connectivity index (χ1) is 14.0. The molecule has 1 atom stereocenters. The topological polar surface area (TPSA) is 49.3 Å². The molecule has 29 heavy (non-hydrogen) atoms. The van der Waals surface area contributed by atoms with Gasteiger partial charge in [-0.1, -0.05) is 91.0 Å². The molecule has 0 heterocycles. The number of hydrogen-bond donors (Lipinski definition) is 2. The van der Waals surface area contributed by atoms with Crippen LogP contribution < -0.4 is 5.32 Å². The first-order valence-corrected chi connectivity index (χ1v) is 10.2. The number of rotatable bonds is 9. The average Bonchev–Trinajstić information content (AvgIpc) is 2.77. The monoisotopic (exact) mass is 387 g/mol. The fourth-order valence-electron chi connectivity index (χ4n) is 3.49. The maximum absolute atomic E-state index is 12.7. The van der Waals surface area contributed by atoms with Crippen molar-refractivity contribution >= 4 is 5.91 Å². The summed E-state index contributed by atoms with van der Waals surface area (Å²) in [6.07, 6.45) is 1.72. The Labute approximate surface area is 173 Å². The predicted molar refractivity (Wildman–Crippen MR) is 118 cm³/mol. The lowest BCUT2D eigenvalue weighted by atomic mass is 9.88. The minimum absolute atomic E-state index is 0.00772. The summed E-state index contributed by atoms with van der Waals surface area (Å²) < 4.78 is 0. The van der Waals surface area contributed by atoms with E-state index < -0.39 is 5.60 Å². The van der Waals surface area contributed by atoms with Crippen molar-refractivity contribution in [2.75, 3.05) is 6.54 Å². The lowest BCUT2D eigenvalue weighted by Crippen LogP contribution is -2.41. The van der Waals surface area contributed by atoms with Gasteiger partial charge in [0.25, 0.3) is 0 Å². The molecule has 1 unspecified atom stereocenters. The Balaban J connectivity index is 1.58. The van der Waals surface area contributed by atoms with Gasteiger partial charge in [-0.2, -0.15) is 0 Å². The molecule has 3 heteroatoms. The maximum Gasteiger partial charge on any atom is 0.221 e. The van der Waals surface area contributed by atoms with Crippen LogP contribution in [0.4, 0.5) is 0 Å². The molecule has 0 bridgehead atoms. The number of benzene rings is 3. The van der Waals surface area contributed by atoms with Crippen LogP contribution in [0.1, 0.15) is 42.4 Å². The molecular weight excluding hydrogens is 358 g/mol. The van der Waals surface area contributed by atoms with Crippen molar-refractivity contribution in [1.29, 1.82) is 0 Å². The van der Waals surface area contributed by atoms with E-state index in [-0.39, 0.29) is 18.4 Å². The van der Waals surface area contributed by atoms with Crippen LogP contribution in [0, 0.1) is 0 Å². The Morgan fingerprint density at radius 1 is 0.862 bits per heavy atom. The number of carbonyl (C=O) groups excluding carboxylic acids is 1. The van der Waals surface area contributed by atoms with E-state index >= 15 is 0 Å². The third-order valence-corrected chi connectivity index (χ3v) is 5.25. The third kappa shape index (κ3) is 6.58. The second-order valence-electron chi connectivity index (χ2n) is 7.84. The highest BCUT2D eigenvalue weighted by atomic mass is 16.3. The van der Waals surface area contributed by atoms with E-state index in [2.05, 4.69) is 41.7 Å². The lowest BCUT2D eigenvalue weighted by molar-refractivity contribution is -0.122. The molecule has 0 saturated heterocycles. The summed E-state index contributed by atoms with van der Waals surface area (Å²) in [5.41, 5.74) is 2.47. The Morgan fingerprint density at radius 2 is 1.34 bits per heavy atom. The minimum atomic E-state index is -0.944. The van der Waals surface area contributed by atoms with Crippen molar-refractivity contribution in [3.05, 3.63) is 108 Å². The number of hydrogen-bond acceptors (Lipinski definition) is 2. The summed E-state index contributed by atoms with van der Waals surface area (Å²) in [7, 11) is 0. The highest BCUT2D eigenvalue weighted by Crippen LogP contribution is 2.27. The van der Waals surface area contributed by atoms with Crippen molar-refractivity contribution in [2.24, 2.45) is 0 Å². The molecule has 0 aliphatic rings. The van der Waals surface area contributed by atoms with E-state index in [1.54, 1.807) is 6.92 Å². The maximum atomic E-state index is 12.7. The molecule has 3 rings (SSSR count). The SMILES string of the molecule is CC(O)(CCc1ccccc1)CNC(=O)CC(c1ccccc1)c1ccccc1. The minimum Gasteiger partial charge on any atom is -0.388 e. The van der Waals surface area contributed by atoms with Gasteiger partial charge in [-0.15, -0.1) is 0 Å². The summed E-state index contributed by atoms with van der Waals surface area (Å²) in [4.78, 5) is 12.7. The van der Waals surface area contributed by atoms with Gasteiger partial charge in [-0.25, -0.2) is 0 Å². The molecule has 0 spiro atoms. The molecule has 3 aromatic carbocycles. The standard InChI is InChI=1S/C26H29NO2/c1-26(29,18-17-21-11-5-2-6-12-21)20-27-25(28)19-24(22-13-7-3-8-14-22)23-15-9-4-10-16-23/h2-16,24,29H,17-20H2,1H3,(H,27,28). The van der Waals surface area contributed by atoms with Gasteiger partial charge in [0, 0.05) is 18.9 Å². The van der Waals surface area contributed by atoms with E-state index in [4.69, 9.17) is 0 Å². The number of carbonyl (C=O) groups is 1. The van der Waals surface area contributed by atoms with Crippen LogP contribution in [0.5, 0.6) is 0 Å². The Kier molecular flexibility index (Phi) is 7.20. The second kappa shape index (κ2) is 10.0. The van der Waals surface area contributed by atoms with Crippen molar-refractivity contribution in [3.63, 3.8) is 0 Å². The Morgan fingerprint density at radius 3 is 1.86 bits per heavy atom. The molecule has 0 radical (unpaired) electrons. The summed E-state index contributed by atoms with van der Waals surface area (Å²) in [6, 6.07) is 30.3. The van der Waals surface area contributed by atoms with Gasteiger partial charge in [0.15, 0.2) is 0 Å². The van der Waals surface area contributed by atoms with Gasteiger partial charge in [0.2, 0.25) is 5.91 Å². The smallest absolute Gasteiger partial charge is 0.221 e. The van der Waals surface area contributed by atoms with Crippen LogP contribution in [-0.2, 0) is 11.2 Å². The molecular formula is C26H29NO2. The van der Waals surface area contributed by atoms with Gasteiger partial charge >= 0.3 is 0 Å². The zero-order valence-corrected chi connectivity index (χ0v) is 16.9. The second-order valence-corrected chi connectivity index (χ2v) is 7.84. The molecule has 0 fully saturated rings. The fraction of sp³-hybridized carbons (Fsp3) is 0.269. The largest absolute Gasteiger partial charge is 0.388 e. The van der Waals surface area contributed by atoms with Crippen molar-refractivity contribution in [2.45, 2.75) is 37.7 Å². The van der Waals surface area contributed by atoms with E-state index in [1.807, 2.05) is 54.6 Å². The fourth-order valence-corrected chi connectivity index (χ4v) is 3.49. The van der Waals surface area contributed by atoms with Gasteiger partial charge in [0.05, 0.1) is 5.60 Å². The van der Waals surface area contributed by atoms with Gasteiger partial charge < -0.3 is 10.4 Å². The summed E-state index contributed by atoms with van der Waals surface area (Å²) in [6.45, 7) is 2.02. The van der Waals surface area contributed by atoms with Gasteiger partial charge in [-0.05, 0) is 36.5 Å². The average molecular weight is 388 g/mol. The summed E-state index contributed by atoms with van der Waals surface area (Å²) in [5, 5.41) is 13.6. The Bertz CT molecular complexity index is 837. The van der Waals surface area contributed by atoms with Gasteiger partial charge in [0.1, 0.15) is 0 Å². The van der Waals surface area contributed by atoms with Gasteiger partial charge in [-0.3, -0.25) is 4.79 Å². The van der Waals surface area contributed by atoms with Crippen LogP contribution in [0.3, 0.4) is 0 Å². The third-order valence-electron chi connectivity index (χ3n) is 5.25. The van der Waals surface area contributed by atoms with E-state index in [1.165, 1.54) is 5.56 Å². The van der Waals surface area contributed by atoms with Crippen LogP contribution in [0.25, 0.3) is 0 Å². The van der Waals surface area contributed by atoms with E-state index in [9.17, 15) is 9.90 Å². The molecule has 0 aliphatic heterocycles. The predicted octanol–water partition coefficient (Wildman–Crippen LogP) is 4.71. The summed E-state index contributed by atoms with van der Waals surface area (Å²) >= 11 is 0. The molecule has 3 nitrogen and oxygen atoms in total.